The molecule has 2 rings (SSSR count). The quantitative estimate of drug-likeness (QED) is 0.682. The van der Waals surface area contributed by atoms with Crippen molar-refractivity contribution in [3.63, 3.8) is 0 Å². The molecule has 0 radical (unpaired) electrons. The molecule has 0 heterocycles. The van der Waals surface area contributed by atoms with Gasteiger partial charge in [0.2, 0.25) is 0 Å². The molecule has 2 heteroatoms. The van der Waals surface area contributed by atoms with Crippen LogP contribution >= 0.6 is 0 Å². The zero-order chi connectivity index (χ0) is 9.97. The minimum atomic E-state index is 0.275. The molecule has 1 aliphatic carbocycles. The molecule has 1 aromatic carbocycles. The summed E-state index contributed by atoms with van der Waals surface area (Å²) in [6.07, 6.45) is 3.66. The van der Waals surface area contributed by atoms with E-state index < -0.39 is 0 Å². The standard InChI is InChI=1S/C12H14O2/c1-9(11-5-6-11)14-12-4-2-3-10(7-12)8-13/h2-4,7-9,11H,5-6H2,1H3/t9-/m0/s1. The van der Waals surface area contributed by atoms with Crippen molar-refractivity contribution in [2.24, 2.45) is 5.92 Å². The fraction of sp³-hybridized carbons (Fsp3) is 0.417. The van der Waals surface area contributed by atoms with Crippen LogP contribution in [0.25, 0.3) is 0 Å². The monoisotopic (exact) mass is 190 g/mol. The van der Waals surface area contributed by atoms with Crippen molar-refractivity contribution >= 4 is 6.29 Å². The second-order valence-corrected chi connectivity index (χ2v) is 3.85. The summed E-state index contributed by atoms with van der Waals surface area (Å²) < 4.78 is 5.72. The molecular formula is C12H14O2. The predicted octanol–water partition coefficient (Wildman–Crippen LogP) is 2.68. The summed E-state index contributed by atoms with van der Waals surface area (Å²) in [6.45, 7) is 2.09. The lowest BCUT2D eigenvalue weighted by atomic mass is 10.2. The Bertz CT molecular complexity index is 329. The smallest absolute Gasteiger partial charge is 0.150 e. The molecule has 2 nitrogen and oxygen atoms in total. The molecule has 0 unspecified atom stereocenters. The van der Waals surface area contributed by atoms with Gasteiger partial charge in [0.25, 0.3) is 0 Å². The highest BCUT2D eigenvalue weighted by atomic mass is 16.5. The molecule has 1 aliphatic rings. The summed E-state index contributed by atoms with van der Waals surface area (Å²) in [5.74, 6) is 1.52. The molecule has 1 aromatic rings. The van der Waals surface area contributed by atoms with E-state index in [0.29, 0.717) is 5.56 Å². The normalized spacial score (nSPS) is 17.5. The van der Waals surface area contributed by atoms with Crippen LogP contribution in [0.15, 0.2) is 24.3 Å². The minimum Gasteiger partial charge on any atom is -0.490 e. The van der Waals surface area contributed by atoms with Gasteiger partial charge in [-0.3, -0.25) is 4.79 Å². The van der Waals surface area contributed by atoms with E-state index in [2.05, 4.69) is 6.92 Å². The molecule has 0 saturated heterocycles. The Labute approximate surface area is 83.9 Å². The predicted molar refractivity (Wildman–Crippen MR) is 54.6 cm³/mol. The van der Waals surface area contributed by atoms with Crippen molar-refractivity contribution in [3.05, 3.63) is 29.8 Å². The molecule has 14 heavy (non-hydrogen) atoms. The van der Waals surface area contributed by atoms with Gasteiger partial charge < -0.3 is 4.74 Å². The SMILES string of the molecule is C[C@H](Oc1cccc(C=O)c1)C1CC1. The highest BCUT2D eigenvalue weighted by molar-refractivity contribution is 5.75. The largest absolute Gasteiger partial charge is 0.490 e. The topological polar surface area (TPSA) is 26.3 Å². The van der Waals surface area contributed by atoms with Gasteiger partial charge in [-0.25, -0.2) is 0 Å². The first kappa shape index (κ1) is 9.25. The van der Waals surface area contributed by atoms with Crippen molar-refractivity contribution in [2.45, 2.75) is 25.9 Å². The van der Waals surface area contributed by atoms with Gasteiger partial charge in [0.05, 0.1) is 6.10 Å². The summed E-state index contributed by atoms with van der Waals surface area (Å²) in [7, 11) is 0. The van der Waals surface area contributed by atoms with Crippen LogP contribution in [0.3, 0.4) is 0 Å². The first-order chi connectivity index (χ1) is 6.79. The lowest BCUT2D eigenvalue weighted by molar-refractivity contribution is 0.112. The number of hydrogen-bond acceptors (Lipinski definition) is 2. The van der Waals surface area contributed by atoms with E-state index in [0.717, 1.165) is 18.0 Å². The van der Waals surface area contributed by atoms with Crippen LogP contribution < -0.4 is 4.74 Å². The Morgan fingerprint density at radius 2 is 2.29 bits per heavy atom. The third-order valence-corrected chi connectivity index (χ3v) is 2.60. The second kappa shape index (κ2) is 3.82. The van der Waals surface area contributed by atoms with Gasteiger partial charge in [-0.05, 0) is 37.8 Å². The zero-order valence-corrected chi connectivity index (χ0v) is 8.27. The fourth-order valence-electron chi connectivity index (χ4n) is 1.54. The van der Waals surface area contributed by atoms with Gasteiger partial charge in [0.15, 0.2) is 0 Å². The van der Waals surface area contributed by atoms with E-state index in [1.54, 1.807) is 12.1 Å². The molecule has 0 spiro atoms. The van der Waals surface area contributed by atoms with Gasteiger partial charge in [0, 0.05) is 5.56 Å². The number of hydrogen-bond donors (Lipinski definition) is 0. The van der Waals surface area contributed by atoms with Crippen LogP contribution in [0.5, 0.6) is 5.75 Å². The summed E-state index contributed by atoms with van der Waals surface area (Å²) in [6, 6.07) is 7.30. The molecule has 0 amide bonds. The molecule has 0 N–H and O–H groups in total. The van der Waals surface area contributed by atoms with Crippen LogP contribution in [0.2, 0.25) is 0 Å². The van der Waals surface area contributed by atoms with E-state index >= 15 is 0 Å². The third-order valence-electron chi connectivity index (χ3n) is 2.60. The van der Waals surface area contributed by atoms with Crippen LogP contribution in [0, 0.1) is 5.92 Å². The number of carbonyl (C=O) groups excluding carboxylic acids is 1. The number of carbonyl (C=O) groups is 1. The molecule has 1 saturated carbocycles. The summed E-state index contributed by atoms with van der Waals surface area (Å²) in [5.41, 5.74) is 0.672. The van der Waals surface area contributed by atoms with E-state index in [1.165, 1.54) is 12.8 Å². The van der Waals surface area contributed by atoms with Crippen molar-refractivity contribution < 1.29 is 9.53 Å². The lowest BCUT2D eigenvalue weighted by Gasteiger charge is -2.13. The first-order valence-electron chi connectivity index (χ1n) is 5.01. The zero-order valence-electron chi connectivity index (χ0n) is 8.27. The average Bonchev–Trinajstić information content (AvgIpc) is 3.01. The lowest BCUT2D eigenvalue weighted by Crippen LogP contribution is -2.13. The van der Waals surface area contributed by atoms with Crippen molar-refractivity contribution in [1.29, 1.82) is 0 Å². The summed E-state index contributed by atoms with van der Waals surface area (Å²) in [4.78, 5) is 10.5. The Kier molecular flexibility index (Phi) is 2.53. The van der Waals surface area contributed by atoms with Gasteiger partial charge in [-0.2, -0.15) is 0 Å². The van der Waals surface area contributed by atoms with Crippen molar-refractivity contribution in [2.75, 3.05) is 0 Å². The number of rotatable bonds is 4. The molecule has 1 atom stereocenters. The van der Waals surface area contributed by atoms with Crippen molar-refractivity contribution in [1.82, 2.24) is 0 Å². The maximum Gasteiger partial charge on any atom is 0.150 e. The maximum atomic E-state index is 10.5. The summed E-state index contributed by atoms with van der Waals surface area (Å²) in [5, 5.41) is 0. The van der Waals surface area contributed by atoms with E-state index in [9.17, 15) is 4.79 Å². The average molecular weight is 190 g/mol. The second-order valence-electron chi connectivity index (χ2n) is 3.85. The molecule has 0 bridgehead atoms. The fourth-order valence-corrected chi connectivity index (χ4v) is 1.54. The van der Waals surface area contributed by atoms with E-state index in [1.807, 2.05) is 12.1 Å². The van der Waals surface area contributed by atoms with Gasteiger partial charge in [-0.15, -0.1) is 0 Å². The molecule has 0 aromatic heterocycles. The Hall–Kier alpha value is -1.31. The first-order valence-corrected chi connectivity index (χ1v) is 5.01. The van der Waals surface area contributed by atoms with Gasteiger partial charge in [-0.1, -0.05) is 12.1 Å². The van der Waals surface area contributed by atoms with Crippen LogP contribution in [0.4, 0.5) is 0 Å². The van der Waals surface area contributed by atoms with E-state index in [4.69, 9.17) is 4.74 Å². The summed E-state index contributed by atoms with van der Waals surface area (Å²) >= 11 is 0. The Morgan fingerprint density at radius 3 is 2.93 bits per heavy atom. The number of aldehydes is 1. The van der Waals surface area contributed by atoms with Crippen LogP contribution in [-0.4, -0.2) is 12.4 Å². The number of benzene rings is 1. The minimum absolute atomic E-state index is 0.275. The highest BCUT2D eigenvalue weighted by Crippen LogP contribution is 2.34. The van der Waals surface area contributed by atoms with Crippen LogP contribution in [-0.2, 0) is 0 Å². The Morgan fingerprint density at radius 1 is 1.50 bits per heavy atom. The maximum absolute atomic E-state index is 10.5. The number of ether oxygens (including phenoxy) is 1. The molecular weight excluding hydrogens is 176 g/mol. The van der Waals surface area contributed by atoms with Crippen molar-refractivity contribution in [3.8, 4) is 5.75 Å². The molecule has 1 fully saturated rings. The van der Waals surface area contributed by atoms with E-state index in [-0.39, 0.29) is 6.10 Å². The highest BCUT2D eigenvalue weighted by Gasteiger charge is 2.29. The Balaban J connectivity index is 2.03. The third kappa shape index (κ3) is 2.13. The van der Waals surface area contributed by atoms with Gasteiger partial charge in [0.1, 0.15) is 12.0 Å². The van der Waals surface area contributed by atoms with Gasteiger partial charge >= 0.3 is 0 Å². The molecule has 0 aliphatic heterocycles. The molecule has 74 valence electrons. The van der Waals surface area contributed by atoms with Crippen LogP contribution in [0.1, 0.15) is 30.1 Å².